The number of hydrogen-bond donors (Lipinski definition) is 2. The van der Waals surface area contributed by atoms with E-state index in [1.54, 1.807) is 25.1 Å². The van der Waals surface area contributed by atoms with Crippen molar-refractivity contribution in [2.24, 2.45) is 0 Å². The number of nitrogens with one attached hydrogen (secondary N) is 1. The summed E-state index contributed by atoms with van der Waals surface area (Å²) in [5, 5.41) is 11.7. The standard InChI is InChI=1S/C32H34FN3O4S/c1-3-4-12-26-29(36-20-9-8-13-27(36)23-10-6-5-7-11-23)30(37)31(32(38)35-26)41(39,40)24-16-14-22(15-17-24)25-18-19-28(33)34-21(25)2/h5-7,10-11,14-19,27H,3-4,8-9,12-13,20H2,1-2H3,(H2,35,37,38). The zero-order valence-corrected chi connectivity index (χ0v) is 24.0. The first-order chi connectivity index (χ1) is 19.7. The number of unbranched alkanes of at least 4 members (excludes halogenated alkanes) is 1. The van der Waals surface area contributed by atoms with Crippen molar-refractivity contribution in [3.05, 3.63) is 100.0 Å². The highest BCUT2D eigenvalue weighted by Gasteiger charge is 2.34. The molecule has 2 N–H and O–H groups in total. The minimum absolute atomic E-state index is 0.0653. The fourth-order valence-electron chi connectivity index (χ4n) is 5.69. The predicted molar refractivity (Wildman–Crippen MR) is 158 cm³/mol. The van der Waals surface area contributed by atoms with E-state index in [4.69, 9.17) is 0 Å². The molecule has 3 heterocycles. The molecule has 0 bridgehead atoms. The maximum Gasteiger partial charge on any atom is 0.271 e. The molecule has 1 aliphatic rings. The zero-order valence-electron chi connectivity index (χ0n) is 23.2. The number of halogens is 1. The van der Waals surface area contributed by atoms with E-state index in [1.807, 2.05) is 37.3 Å². The molecule has 7 nitrogen and oxygen atoms in total. The van der Waals surface area contributed by atoms with E-state index in [-0.39, 0.29) is 10.9 Å². The van der Waals surface area contributed by atoms with Crippen molar-refractivity contribution in [3.63, 3.8) is 0 Å². The summed E-state index contributed by atoms with van der Waals surface area (Å²) >= 11 is 0. The second-order valence-electron chi connectivity index (χ2n) is 10.5. The molecule has 2 aromatic heterocycles. The van der Waals surface area contributed by atoms with Crippen LogP contribution in [-0.4, -0.2) is 30.0 Å². The largest absolute Gasteiger partial charge is 0.504 e. The topological polar surface area (TPSA) is 103 Å². The van der Waals surface area contributed by atoms with Gasteiger partial charge in [0.2, 0.25) is 15.8 Å². The summed E-state index contributed by atoms with van der Waals surface area (Å²) in [6, 6.07) is 18.7. The van der Waals surface area contributed by atoms with E-state index in [0.29, 0.717) is 41.2 Å². The third-order valence-corrected chi connectivity index (χ3v) is 9.56. The normalized spacial score (nSPS) is 15.7. The van der Waals surface area contributed by atoms with Gasteiger partial charge in [0.1, 0.15) is 5.69 Å². The first kappa shape index (κ1) is 28.5. The highest BCUT2D eigenvalue weighted by atomic mass is 32.2. The molecule has 0 spiro atoms. The van der Waals surface area contributed by atoms with Crippen LogP contribution in [0.15, 0.2) is 81.3 Å². The lowest BCUT2D eigenvalue weighted by atomic mass is 9.94. The summed E-state index contributed by atoms with van der Waals surface area (Å²) in [4.78, 5) is 21.3. The van der Waals surface area contributed by atoms with Gasteiger partial charge in [-0.3, -0.25) is 4.79 Å². The van der Waals surface area contributed by atoms with Crippen molar-refractivity contribution in [3.8, 4) is 16.9 Å². The molecule has 1 fully saturated rings. The van der Waals surface area contributed by atoms with E-state index >= 15 is 0 Å². The number of sulfone groups is 1. The Kier molecular flexibility index (Phi) is 8.26. The minimum atomic E-state index is -4.39. The number of benzene rings is 2. The summed E-state index contributed by atoms with van der Waals surface area (Å²) in [6.45, 7) is 4.33. The molecular weight excluding hydrogens is 541 g/mol. The van der Waals surface area contributed by atoms with Crippen LogP contribution >= 0.6 is 0 Å². The smallest absolute Gasteiger partial charge is 0.271 e. The average molecular weight is 576 g/mol. The molecule has 1 saturated heterocycles. The SMILES string of the molecule is CCCCc1[nH]c(=O)c(S(=O)(=O)c2ccc(-c3ccc(F)nc3C)cc2)c(O)c1N1CCCCC1c1ccccc1. The first-order valence-electron chi connectivity index (χ1n) is 14.0. The van der Waals surface area contributed by atoms with Crippen molar-refractivity contribution >= 4 is 15.5 Å². The van der Waals surface area contributed by atoms with Gasteiger partial charge in [-0.15, -0.1) is 0 Å². The Morgan fingerprint density at radius 3 is 2.46 bits per heavy atom. The zero-order chi connectivity index (χ0) is 29.1. The minimum Gasteiger partial charge on any atom is -0.504 e. The molecule has 2 aromatic carbocycles. The quantitative estimate of drug-likeness (QED) is 0.233. The second-order valence-corrected chi connectivity index (χ2v) is 12.4. The van der Waals surface area contributed by atoms with Crippen molar-refractivity contribution in [2.75, 3.05) is 11.4 Å². The van der Waals surface area contributed by atoms with Gasteiger partial charge in [0.15, 0.2) is 10.6 Å². The Balaban J connectivity index is 1.61. The third-order valence-electron chi connectivity index (χ3n) is 7.75. The van der Waals surface area contributed by atoms with Gasteiger partial charge in [-0.05, 0) is 74.4 Å². The van der Waals surface area contributed by atoms with Crippen molar-refractivity contribution in [1.82, 2.24) is 9.97 Å². The van der Waals surface area contributed by atoms with E-state index < -0.39 is 32.0 Å². The van der Waals surface area contributed by atoms with Crippen LogP contribution in [0, 0.1) is 12.9 Å². The second kappa shape index (κ2) is 11.9. The molecule has 41 heavy (non-hydrogen) atoms. The maximum atomic E-state index is 13.9. The number of nitrogens with zero attached hydrogens (tertiary/aromatic N) is 2. The van der Waals surface area contributed by atoms with Crippen molar-refractivity contribution < 1.29 is 17.9 Å². The van der Waals surface area contributed by atoms with Crippen LogP contribution in [-0.2, 0) is 16.3 Å². The number of pyridine rings is 2. The van der Waals surface area contributed by atoms with Crippen LogP contribution in [0.2, 0.25) is 0 Å². The molecule has 0 radical (unpaired) electrons. The summed E-state index contributed by atoms with van der Waals surface area (Å²) in [6.07, 6.45) is 4.89. The molecule has 0 saturated carbocycles. The Morgan fingerprint density at radius 2 is 1.78 bits per heavy atom. The summed E-state index contributed by atoms with van der Waals surface area (Å²) < 4.78 is 41.3. The highest BCUT2D eigenvalue weighted by molar-refractivity contribution is 7.91. The molecule has 0 aliphatic carbocycles. The molecular formula is C32H34FN3O4S. The molecule has 9 heteroatoms. The number of aromatic amines is 1. The fourth-order valence-corrected chi connectivity index (χ4v) is 7.07. The number of aryl methyl sites for hydroxylation is 2. The van der Waals surface area contributed by atoms with Gasteiger partial charge < -0.3 is 15.0 Å². The molecule has 1 aliphatic heterocycles. The maximum absolute atomic E-state index is 13.9. The number of H-pyrrole nitrogens is 1. The van der Waals surface area contributed by atoms with Gasteiger partial charge in [0.25, 0.3) is 5.56 Å². The van der Waals surface area contributed by atoms with Gasteiger partial charge >= 0.3 is 0 Å². The van der Waals surface area contributed by atoms with E-state index in [9.17, 15) is 22.7 Å². The molecule has 1 atom stereocenters. The molecule has 4 aromatic rings. The van der Waals surface area contributed by atoms with Crippen molar-refractivity contribution in [1.29, 1.82) is 0 Å². The monoisotopic (exact) mass is 575 g/mol. The van der Waals surface area contributed by atoms with Gasteiger partial charge in [0.05, 0.1) is 10.9 Å². The number of aromatic hydroxyl groups is 1. The molecule has 0 amide bonds. The predicted octanol–water partition coefficient (Wildman–Crippen LogP) is 6.50. The lowest BCUT2D eigenvalue weighted by molar-refractivity contribution is 0.431. The Bertz CT molecular complexity index is 1700. The number of rotatable bonds is 8. The average Bonchev–Trinajstić information content (AvgIpc) is 2.96. The highest BCUT2D eigenvalue weighted by Crippen LogP contribution is 2.43. The Hall–Kier alpha value is -3.98. The number of aromatic nitrogens is 2. The first-order valence-corrected chi connectivity index (χ1v) is 15.5. The molecule has 1 unspecified atom stereocenters. The third kappa shape index (κ3) is 5.63. The van der Waals surface area contributed by atoms with E-state index in [1.165, 1.54) is 18.2 Å². The lowest BCUT2D eigenvalue weighted by Gasteiger charge is -2.39. The summed E-state index contributed by atoms with van der Waals surface area (Å²) in [5.74, 6) is -1.10. The number of anilines is 1. The van der Waals surface area contributed by atoms with Crippen LogP contribution in [0.5, 0.6) is 5.75 Å². The lowest BCUT2D eigenvalue weighted by Crippen LogP contribution is -2.35. The van der Waals surface area contributed by atoms with Crippen LogP contribution in [0.3, 0.4) is 0 Å². The van der Waals surface area contributed by atoms with E-state index in [2.05, 4.69) is 14.9 Å². The molecule has 5 rings (SSSR count). The number of hydrogen-bond acceptors (Lipinski definition) is 6. The van der Waals surface area contributed by atoms with Gasteiger partial charge in [-0.2, -0.15) is 4.39 Å². The van der Waals surface area contributed by atoms with Crippen LogP contribution < -0.4 is 10.5 Å². The van der Waals surface area contributed by atoms with E-state index in [0.717, 1.165) is 37.7 Å². The fraction of sp³-hybridized carbons (Fsp3) is 0.312. The summed E-state index contributed by atoms with van der Waals surface area (Å²) in [7, 11) is -4.39. The Labute approximate surface area is 239 Å². The Morgan fingerprint density at radius 1 is 1.05 bits per heavy atom. The van der Waals surface area contributed by atoms with Crippen LogP contribution in [0.25, 0.3) is 11.1 Å². The molecule has 214 valence electrons. The van der Waals surface area contributed by atoms with Gasteiger partial charge in [-0.1, -0.05) is 55.8 Å². The van der Waals surface area contributed by atoms with Crippen LogP contribution in [0.4, 0.5) is 10.1 Å². The van der Waals surface area contributed by atoms with Gasteiger partial charge in [-0.25, -0.2) is 13.4 Å². The van der Waals surface area contributed by atoms with Gasteiger partial charge in [0, 0.05) is 23.5 Å². The van der Waals surface area contributed by atoms with Crippen LogP contribution in [0.1, 0.15) is 62.0 Å². The number of piperidine rings is 1. The summed E-state index contributed by atoms with van der Waals surface area (Å²) in [5.41, 5.74) is 2.95. The van der Waals surface area contributed by atoms with Crippen molar-refractivity contribution in [2.45, 2.75) is 68.2 Å².